The van der Waals surface area contributed by atoms with Crippen LogP contribution in [0.5, 0.6) is 0 Å². The van der Waals surface area contributed by atoms with Crippen LogP contribution in [-0.2, 0) is 71.1 Å². The zero-order valence-electron chi connectivity index (χ0n) is 33.8. The van der Waals surface area contributed by atoms with Crippen molar-refractivity contribution in [3.05, 3.63) is 144 Å². The summed E-state index contributed by atoms with van der Waals surface area (Å²) in [4.78, 5) is 53.7. The summed E-state index contributed by atoms with van der Waals surface area (Å²) < 4.78 is 0. The molecule has 312 valence electrons. The average molecular weight is 900 g/mol. The molecule has 13 heteroatoms. The van der Waals surface area contributed by atoms with Crippen molar-refractivity contribution >= 4 is 67.5 Å². The van der Waals surface area contributed by atoms with Gasteiger partial charge in [0.25, 0.3) is 0 Å². The van der Waals surface area contributed by atoms with Crippen LogP contribution >= 0.6 is 0 Å². The summed E-state index contributed by atoms with van der Waals surface area (Å²) in [5.74, 6) is -3.91. The van der Waals surface area contributed by atoms with Crippen LogP contribution in [0, 0.1) is 0 Å². The molecule has 0 radical (unpaired) electrons. The van der Waals surface area contributed by atoms with E-state index in [1.807, 2.05) is 122 Å². The fraction of sp³-hybridized carbons (Fsp3) is 0.250. The number of carboxylic acids is 4. The van der Waals surface area contributed by atoms with E-state index < -0.39 is 23.9 Å². The van der Waals surface area contributed by atoms with Gasteiger partial charge in [-0.25, -0.2) is 0 Å². The van der Waals surface area contributed by atoms with Gasteiger partial charge in [-0.05, 0) is 124 Å². The molecule has 4 aromatic heterocycles. The molecule has 4 heterocycles. The first-order valence-electron chi connectivity index (χ1n) is 20.1. The van der Waals surface area contributed by atoms with Crippen LogP contribution < -0.4 is 20.4 Å². The molecule has 12 nitrogen and oxygen atoms in total. The Morgan fingerprint density at radius 2 is 0.541 bits per heavy atom. The van der Waals surface area contributed by atoms with Crippen molar-refractivity contribution in [3.8, 4) is 0 Å². The Balaban J connectivity index is 0.000000178. The minimum absolute atomic E-state index is 0. The Hall–Kier alpha value is -6.20. The van der Waals surface area contributed by atoms with E-state index in [1.54, 1.807) is 0 Å². The van der Waals surface area contributed by atoms with Gasteiger partial charge in [-0.15, -0.1) is 0 Å². The van der Waals surface area contributed by atoms with E-state index in [2.05, 4.69) is 19.9 Å². The first-order valence-corrected chi connectivity index (χ1v) is 20.1. The number of para-hydroxylation sites is 4. The zero-order chi connectivity index (χ0) is 42.7. The van der Waals surface area contributed by atoms with E-state index >= 15 is 0 Å². The molecule has 61 heavy (non-hydrogen) atoms. The van der Waals surface area contributed by atoms with E-state index in [0.29, 0.717) is 25.7 Å². The monoisotopic (exact) mass is 898 g/mol. The largest absolute Gasteiger partial charge is 4.00 e. The molecule has 0 unspecified atom stereocenters. The number of carbonyl (C=O) groups excluding carboxylic acids is 4. The number of fused-ring (bicyclic) bond motifs is 4. The first-order chi connectivity index (χ1) is 29.1. The third kappa shape index (κ3) is 15.1. The number of nitrogens with one attached hydrogen (secondary N) is 4. The quantitative estimate of drug-likeness (QED) is 0.104. The van der Waals surface area contributed by atoms with Crippen molar-refractivity contribution < 1.29 is 65.8 Å². The van der Waals surface area contributed by atoms with E-state index in [-0.39, 0.29) is 51.9 Å². The van der Waals surface area contributed by atoms with E-state index in [0.717, 1.165) is 47.8 Å². The van der Waals surface area contributed by atoms with Crippen LogP contribution in [0.2, 0.25) is 0 Å². The molecule has 0 saturated heterocycles. The van der Waals surface area contributed by atoms with Crippen LogP contribution in [0.15, 0.2) is 122 Å². The molecule has 0 spiro atoms. The smallest absolute Gasteiger partial charge is 0.550 e. The van der Waals surface area contributed by atoms with Gasteiger partial charge in [0.2, 0.25) is 0 Å². The maximum absolute atomic E-state index is 10.3. The molecule has 0 atom stereocenters. The predicted molar refractivity (Wildman–Crippen MR) is 225 cm³/mol. The molecule has 0 amide bonds. The van der Waals surface area contributed by atoms with Gasteiger partial charge in [-0.2, -0.15) is 0 Å². The fourth-order valence-electron chi connectivity index (χ4n) is 7.05. The number of aliphatic carboxylic acids is 4. The number of hydrogen-bond acceptors (Lipinski definition) is 8. The first kappa shape index (κ1) is 47.5. The van der Waals surface area contributed by atoms with E-state index in [9.17, 15) is 39.6 Å². The van der Waals surface area contributed by atoms with Crippen molar-refractivity contribution in [1.29, 1.82) is 0 Å². The Morgan fingerprint density at radius 3 is 0.738 bits per heavy atom. The molecule has 0 aliphatic heterocycles. The minimum Gasteiger partial charge on any atom is -0.550 e. The maximum atomic E-state index is 10.3. The second-order valence-corrected chi connectivity index (χ2v) is 14.3. The number of aromatic amines is 4. The van der Waals surface area contributed by atoms with E-state index in [1.165, 1.54) is 43.8 Å². The molecular weight excluding hydrogens is 852 g/mol. The number of aromatic nitrogens is 4. The van der Waals surface area contributed by atoms with Gasteiger partial charge in [0.15, 0.2) is 0 Å². The number of H-pyrrole nitrogens is 4. The number of carbonyl (C=O) groups is 4. The summed E-state index contributed by atoms with van der Waals surface area (Å²) >= 11 is 0. The molecule has 4 aromatic carbocycles. The Morgan fingerprint density at radius 1 is 0.344 bits per heavy atom. The topological polar surface area (TPSA) is 224 Å². The Kier molecular flexibility index (Phi) is 19.3. The summed E-state index contributed by atoms with van der Waals surface area (Å²) in [6.45, 7) is 0. The summed E-state index contributed by atoms with van der Waals surface area (Å²) in [7, 11) is 0. The molecule has 4 N–H and O–H groups in total. The summed E-state index contributed by atoms with van der Waals surface area (Å²) in [6, 6.07) is 32.1. The van der Waals surface area contributed by atoms with Gasteiger partial charge in [-0.3, -0.25) is 0 Å². The molecule has 0 aliphatic carbocycles. The molecule has 8 aromatic rings. The van der Waals surface area contributed by atoms with Crippen LogP contribution in [0.3, 0.4) is 0 Å². The number of rotatable bonds is 16. The summed E-state index contributed by atoms with van der Waals surface area (Å²) in [5, 5.41) is 45.8. The SMILES string of the molecule is O=C([O-])CCCc1c[nH]c2ccccc12.O=C([O-])CCCc1c[nH]c2ccccc12.O=C([O-])CCCc1c[nH]c2ccccc12.O=C([O-])CCCc1c[nH]c2ccccc12.[Zr+4]. The minimum atomic E-state index is -0.977. The van der Waals surface area contributed by atoms with Gasteiger partial charge < -0.3 is 59.5 Å². The molecule has 0 bridgehead atoms. The van der Waals surface area contributed by atoms with E-state index in [4.69, 9.17) is 0 Å². The fourth-order valence-corrected chi connectivity index (χ4v) is 7.05. The third-order valence-electron chi connectivity index (χ3n) is 10.0. The van der Waals surface area contributed by atoms with Gasteiger partial charge in [0, 0.05) is 92.3 Å². The molecule has 8 rings (SSSR count). The van der Waals surface area contributed by atoms with Crippen molar-refractivity contribution in [2.45, 2.75) is 77.0 Å². The molecule has 0 aliphatic rings. The molecule has 0 saturated carbocycles. The Bertz CT molecular complexity index is 2260. The van der Waals surface area contributed by atoms with Gasteiger partial charge in [0.05, 0.1) is 0 Å². The number of carboxylic acid groups (broad SMARTS) is 4. The summed E-state index contributed by atoms with van der Waals surface area (Å²) in [5.41, 5.74) is 9.08. The molecule has 0 fully saturated rings. The predicted octanol–water partition coefficient (Wildman–Crippen LogP) is 4.96. The van der Waals surface area contributed by atoms with Crippen molar-refractivity contribution in [3.63, 3.8) is 0 Å². The Labute approximate surface area is 372 Å². The van der Waals surface area contributed by atoms with Crippen molar-refractivity contribution in [2.24, 2.45) is 0 Å². The normalized spacial score (nSPS) is 10.5. The second-order valence-electron chi connectivity index (χ2n) is 14.3. The van der Waals surface area contributed by atoms with Crippen molar-refractivity contribution in [2.75, 3.05) is 0 Å². The summed E-state index contributed by atoms with van der Waals surface area (Å²) in [6.07, 6.45) is 13.9. The van der Waals surface area contributed by atoms with Crippen LogP contribution in [0.25, 0.3) is 43.6 Å². The second kappa shape index (κ2) is 24.8. The van der Waals surface area contributed by atoms with Gasteiger partial charge in [-0.1, -0.05) is 72.8 Å². The standard InChI is InChI=1S/4C12H13NO2.Zr/c4*14-12(15)7-3-4-9-8-13-11-6-2-1-5-10(9)11;/h4*1-2,5-6,8,13H,3-4,7H2,(H,14,15);/q;;;;+4/p-4. The maximum Gasteiger partial charge on any atom is 4.00 e. The zero-order valence-corrected chi connectivity index (χ0v) is 36.3. The third-order valence-corrected chi connectivity index (χ3v) is 10.0. The van der Waals surface area contributed by atoms with Crippen LogP contribution in [-0.4, -0.2) is 43.8 Å². The number of hydrogen-bond donors (Lipinski definition) is 4. The number of aryl methyl sites for hydroxylation is 4. The van der Waals surface area contributed by atoms with Crippen molar-refractivity contribution in [1.82, 2.24) is 19.9 Å². The molecular formula is C48H48N4O8Zr. The number of benzene rings is 4. The van der Waals surface area contributed by atoms with Crippen LogP contribution in [0.1, 0.15) is 73.6 Å². The van der Waals surface area contributed by atoms with Crippen LogP contribution in [0.4, 0.5) is 0 Å². The average Bonchev–Trinajstić information content (AvgIpc) is 4.05. The van der Waals surface area contributed by atoms with Gasteiger partial charge >= 0.3 is 26.2 Å². The van der Waals surface area contributed by atoms with Gasteiger partial charge in [0.1, 0.15) is 0 Å².